The Labute approximate surface area is 100 Å². The highest BCUT2D eigenvalue weighted by Gasteiger charge is 2.15. The van der Waals surface area contributed by atoms with Crippen molar-refractivity contribution in [3.8, 4) is 5.88 Å². The average Bonchev–Trinajstić information content (AvgIpc) is 2.28. The lowest BCUT2D eigenvalue weighted by atomic mass is 10.2. The molecular weight excluding hydrogens is 222 g/mol. The van der Waals surface area contributed by atoms with Gasteiger partial charge < -0.3 is 14.6 Å². The molecule has 1 atom stereocenters. The molecule has 0 aliphatic rings. The van der Waals surface area contributed by atoms with Gasteiger partial charge in [-0.1, -0.05) is 6.07 Å². The second kappa shape index (κ2) is 6.20. The van der Waals surface area contributed by atoms with E-state index in [1.54, 1.807) is 18.2 Å². The first-order valence-corrected chi connectivity index (χ1v) is 5.41. The van der Waals surface area contributed by atoms with Crippen molar-refractivity contribution in [1.29, 1.82) is 0 Å². The van der Waals surface area contributed by atoms with Crippen molar-refractivity contribution in [2.75, 3.05) is 7.11 Å². The number of hydrogen-bond acceptors (Lipinski definition) is 5. The monoisotopic (exact) mass is 239 g/mol. The maximum absolute atomic E-state index is 11.0. The first-order chi connectivity index (χ1) is 8.02. The average molecular weight is 239 g/mol. The van der Waals surface area contributed by atoms with Crippen LogP contribution in [0.3, 0.4) is 0 Å². The predicted octanol–water partition coefficient (Wildman–Crippen LogP) is 1.47. The first kappa shape index (κ1) is 13.4. The number of methoxy groups -OCH3 is 1. The van der Waals surface area contributed by atoms with Gasteiger partial charge in [-0.2, -0.15) is 0 Å². The molecule has 1 aromatic heterocycles. The molecule has 5 nitrogen and oxygen atoms in total. The molecule has 0 fully saturated rings. The number of aromatic nitrogens is 1. The van der Waals surface area contributed by atoms with Crippen LogP contribution in [0.4, 0.5) is 0 Å². The van der Waals surface area contributed by atoms with Gasteiger partial charge in [-0.05, 0) is 19.9 Å². The SMILES string of the molecule is COC(=O)C[C@@H](O)c1cccc(OC(C)C)n1. The van der Waals surface area contributed by atoms with E-state index in [0.29, 0.717) is 11.6 Å². The van der Waals surface area contributed by atoms with Crippen molar-refractivity contribution in [2.24, 2.45) is 0 Å². The maximum atomic E-state index is 11.0. The van der Waals surface area contributed by atoms with E-state index in [4.69, 9.17) is 4.74 Å². The minimum Gasteiger partial charge on any atom is -0.475 e. The van der Waals surface area contributed by atoms with Crippen LogP contribution in [0.15, 0.2) is 18.2 Å². The van der Waals surface area contributed by atoms with E-state index < -0.39 is 12.1 Å². The summed E-state index contributed by atoms with van der Waals surface area (Å²) in [5.74, 6) is -0.0455. The van der Waals surface area contributed by atoms with Crippen molar-refractivity contribution >= 4 is 5.97 Å². The van der Waals surface area contributed by atoms with Crippen LogP contribution in [0, 0.1) is 0 Å². The van der Waals surface area contributed by atoms with Crippen LogP contribution in [0.5, 0.6) is 5.88 Å². The van der Waals surface area contributed by atoms with E-state index in [1.165, 1.54) is 7.11 Å². The van der Waals surface area contributed by atoms with E-state index in [9.17, 15) is 9.90 Å². The third-order valence-electron chi connectivity index (χ3n) is 2.03. The molecule has 0 bridgehead atoms. The van der Waals surface area contributed by atoms with Gasteiger partial charge in [0.15, 0.2) is 0 Å². The summed E-state index contributed by atoms with van der Waals surface area (Å²) in [6, 6.07) is 5.07. The minimum absolute atomic E-state index is 0.00972. The molecule has 0 aliphatic carbocycles. The molecule has 1 rings (SSSR count). The zero-order valence-corrected chi connectivity index (χ0v) is 10.2. The molecule has 0 amide bonds. The number of esters is 1. The van der Waals surface area contributed by atoms with Gasteiger partial charge in [-0.3, -0.25) is 4.79 Å². The van der Waals surface area contributed by atoms with Gasteiger partial charge in [-0.25, -0.2) is 4.98 Å². The standard InChI is InChI=1S/C12H17NO4/c1-8(2)17-11-6-4-5-9(13-11)10(14)7-12(15)16-3/h4-6,8,10,14H,7H2,1-3H3/t10-/m1/s1. The van der Waals surface area contributed by atoms with E-state index >= 15 is 0 Å². The molecule has 94 valence electrons. The Morgan fingerprint density at radius 2 is 2.18 bits per heavy atom. The van der Waals surface area contributed by atoms with Crippen molar-refractivity contribution in [3.05, 3.63) is 23.9 Å². The number of carbonyl (C=O) groups excluding carboxylic acids is 1. The molecule has 0 saturated heterocycles. The van der Waals surface area contributed by atoms with E-state index in [0.717, 1.165) is 0 Å². The van der Waals surface area contributed by atoms with Gasteiger partial charge in [0.25, 0.3) is 0 Å². The molecule has 0 aromatic carbocycles. The maximum Gasteiger partial charge on any atom is 0.308 e. The highest BCUT2D eigenvalue weighted by molar-refractivity contribution is 5.69. The fraction of sp³-hybridized carbons (Fsp3) is 0.500. The van der Waals surface area contributed by atoms with Crippen LogP contribution >= 0.6 is 0 Å². The molecule has 5 heteroatoms. The number of nitrogens with zero attached hydrogens (tertiary/aromatic N) is 1. The van der Waals surface area contributed by atoms with Gasteiger partial charge in [0, 0.05) is 6.07 Å². The number of hydrogen-bond donors (Lipinski definition) is 1. The van der Waals surface area contributed by atoms with E-state index in [2.05, 4.69) is 9.72 Å². The van der Waals surface area contributed by atoms with Crippen molar-refractivity contribution in [2.45, 2.75) is 32.5 Å². The van der Waals surface area contributed by atoms with Gasteiger partial charge in [0.2, 0.25) is 5.88 Å². The van der Waals surface area contributed by atoms with Crippen molar-refractivity contribution < 1.29 is 19.4 Å². The number of rotatable bonds is 5. The summed E-state index contributed by atoms with van der Waals surface area (Å²) >= 11 is 0. The van der Waals surface area contributed by atoms with Gasteiger partial charge in [-0.15, -0.1) is 0 Å². The van der Waals surface area contributed by atoms with Gasteiger partial charge in [0.05, 0.1) is 25.3 Å². The summed E-state index contributed by atoms with van der Waals surface area (Å²) in [5.41, 5.74) is 0.397. The van der Waals surface area contributed by atoms with Crippen LogP contribution in [-0.4, -0.2) is 29.3 Å². The quantitative estimate of drug-likeness (QED) is 0.788. The smallest absolute Gasteiger partial charge is 0.308 e. The lowest BCUT2D eigenvalue weighted by Crippen LogP contribution is -2.11. The predicted molar refractivity (Wildman–Crippen MR) is 61.6 cm³/mol. The van der Waals surface area contributed by atoms with Crippen LogP contribution in [0.25, 0.3) is 0 Å². The number of ether oxygens (including phenoxy) is 2. The second-order valence-corrected chi connectivity index (χ2v) is 3.86. The van der Waals surface area contributed by atoms with Gasteiger partial charge in [0.1, 0.15) is 6.10 Å². The summed E-state index contributed by atoms with van der Waals surface area (Å²) in [5, 5.41) is 9.76. The molecule has 0 saturated carbocycles. The molecular formula is C12H17NO4. The summed E-state index contributed by atoms with van der Waals surface area (Å²) in [6.45, 7) is 3.78. The molecule has 1 aromatic rings. The Hall–Kier alpha value is -1.62. The molecule has 17 heavy (non-hydrogen) atoms. The highest BCUT2D eigenvalue weighted by Crippen LogP contribution is 2.18. The molecule has 0 radical (unpaired) electrons. The zero-order valence-electron chi connectivity index (χ0n) is 10.2. The Morgan fingerprint density at radius 3 is 2.76 bits per heavy atom. The zero-order chi connectivity index (χ0) is 12.8. The third kappa shape index (κ3) is 4.40. The fourth-order valence-corrected chi connectivity index (χ4v) is 1.27. The van der Waals surface area contributed by atoms with Crippen molar-refractivity contribution in [1.82, 2.24) is 4.98 Å². The number of aliphatic hydroxyl groups is 1. The Morgan fingerprint density at radius 1 is 1.47 bits per heavy atom. The first-order valence-electron chi connectivity index (χ1n) is 5.41. The van der Waals surface area contributed by atoms with Crippen LogP contribution in [0.1, 0.15) is 32.1 Å². The minimum atomic E-state index is -0.974. The topological polar surface area (TPSA) is 68.7 Å². The summed E-state index contributed by atoms with van der Waals surface area (Å²) < 4.78 is 9.88. The molecule has 1 N–H and O–H groups in total. The highest BCUT2D eigenvalue weighted by atomic mass is 16.5. The second-order valence-electron chi connectivity index (χ2n) is 3.86. The molecule has 0 aliphatic heterocycles. The van der Waals surface area contributed by atoms with E-state index in [1.807, 2.05) is 13.8 Å². The summed E-state index contributed by atoms with van der Waals surface area (Å²) in [6.07, 6.45) is -1.08. The number of pyridine rings is 1. The number of aliphatic hydroxyl groups excluding tert-OH is 1. The largest absolute Gasteiger partial charge is 0.475 e. The Kier molecular flexibility index (Phi) is 4.90. The normalized spacial score (nSPS) is 12.3. The van der Waals surface area contributed by atoms with Crippen LogP contribution in [-0.2, 0) is 9.53 Å². The van der Waals surface area contributed by atoms with Crippen LogP contribution in [0.2, 0.25) is 0 Å². The number of carbonyl (C=O) groups is 1. The van der Waals surface area contributed by atoms with E-state index in [-0.39, 0.29) is 12.5 Å². The summed E-state index contributed by atoms with van der Waals surface area (Å²) in [4.78, 5) is 15.1. The molecule has 0 unspecified atom stereocenters. The lowest BCUT2D eigenvalue weighted by molar-refractivity contribution is -0.142. The molecule has 0 spiro atoms. The lowest BCUT2D eigenvalue weighted by Gasteiger charge is -2.12. The van der Waals surface area contributed by atoms with Crippen molar-refractivity contribution in [3.63, 3.8) is 0 Å². The summed E-state index contributed by atoms with van der Waals surface area (Å²) in [7, 11) is 1.28. The van der Waals surface area contributed by atoms with Crippen LogP contribution < -0.4 is 4.74 Å². The van der Waals surface area contributed by atoms with Gasteiger partial charge >= 0.3 is 5.97 Å². The Balaban J connectivity index is 2.73. The fourth-order valence-electron chi connectivity index (χ4n) is 1.27. The third-order valence-corrected chi connectivity index (χ3v) is 2.03. The Bertz CT molecular complexity index is 379. The molecule has 1 heterocycles.